The molecule has 2 unspecified atom stereocenters. The van der Waals surface area contributed by atoms with Crippen LogP contribution in [0.2, 0.25) is 0 Å². The number of nitrogen functional groups attached to an aromatic ring is 1. The van der Waals surface area contributed by atoms with Crippen molar-refractivity contribution in [2.75, 3.05) is 50.0 Å². The monoisotopic (exact) mass is 496 g/mol. The number of morpholine rings is 1. The molecule has 2 aliphatic heterocycles. The summed E-state index contributed by atoms with van der Waals surface area (Å²) in [6.45, 7) is -0.158. The molecule has 4 heterocycles. The van der Waals surface area contributed by atoms with Crippen molar-refractivity contribution in [2.24, 2.45) is 0 Å². The summed E-state index contributed by atoms with van der Waals surface area (Å²) in [4.78, 5) is 17.1. The molecule has 2 N–H and O–H groups in total. The smallest absolute Gasteiger partial charge is 0.387 e. The first-order chi connectivity index (χ1) is 16.8. The van der Waals surface area contributed by atoms with Gasteiger partial charge in [0.05, 0.1) is 25.5 Å². The van der Waals surface area contributed by atoms with Crippen LogP contribution in [0.25, 0.3) is 11.3 Å². The Labute approximate surface area is 200 Å². The molecule has 2 aromatic heterocycles. The molecule has 0 bridgehead atoms. The van der Waals surface area contributed by atoms with Crippen LogP contribution in [0.1, 0.15) is 37.3 Å². The summed E-state index contributed by atoms with van der Waals surface area (Å²) in [5.41, 5.74) is 7.24. The van der Waals surface area contributed by atoms with Gasteiger partial charge in [0.15, 0.2) is 11.6 Å². The van der Waals surface area contributed by atoms with E-state index >= 15 is 0 Å². The van der Waals surface area contributed by atoms with E-state index in [9.17, 15) is 17.6 Å². The lowest BCUT2D eigenvalue weighted by Crippen LogP contribution is -2.42. The molecule has 0 aromatic carbocycles. The second kappa shape index (κ2) is 9.73. The Bertz CT molecular complexity index is 1050. The van der Waals surface area contributed by atoms with Crippen molar-refractivity contribution >= 4 is 11.8 Å². The fourth-order valence-corrected chi connectivity index (χ4v) is 5.14. The molecular weight excluding hydrogens is 468 g/mol. The highest BCUT2D eigenvalue weighted by atomic mass is 19.3. The van der Waals surface area contributed by atoms with Crippen LogP contribution < -0.4 is 15.4 Å². The average Bonchev–Trinajstić information content (AvgIpc) is 3.47. The number of pyridine rings is 1. The predicted molar refractivity (Wildman–Crippen MR) is 121 cm³/mol. The number of rotatable bonds is 6. The number of aromatic nitrogens is 3. The second-order valence-corrected chi connectivity index (χ2v) is 9.30. The van der Waals surface area contributed by atoms with Crippen molar-refractivity contribution in [1.82, 2.24) is 19.9 Å². The van der Waals surface area contributed by atoms with Crippen LogP contribution in [-0.4, -0.2) is 77.8 Å². The lowest BCUT2D eigenvalue weighted by atomic mass is 10.0. The van der Waals surface area contributed by atoms with E-state index < -0.39 is 19.1 Å². The van der Waals surface area contributed by atoms with Gasteiger partial charge in [-0.25, -0.2) is 23.7 Å². The SMILES string of the molecule is Nc1ncc(-c2cc(C3CCC(N4CCOCC4)C3)nc(N3CCC(F)(F)C3)n2)cc1OC(F)F. The third kappa shape index (κ3) is 5.43. The van der Waals surface area contributed by atoms with E-state index in [4.69, 9.17) is 15.5 Å². The van der Waals surface area contributed by atoms with Crippen LogP contribution in [0, 0.1) is 0 Å². The minimum absolute atomic E-state index is 0.130. The molecule has 5 rings (SSSR count). The highest BCUT2D eigenvalue weighted by molar-refractivity contribution is 5.65. The highest BCUT2D eigenvalue weighted by Crippen LogP contribution is 2.39. The van der Waals surface area contributed by atoms with Crippen molar-refractivity contribution in [3.05, 3.63) is 24.0 Å². The zero-order valence-corrected chi connectivity index (χ0v) is 19.2. The normalized spacial score (nSPS) is 24.9. The zero-order chi connectivity index (χ0) is 24.6. The summed E-state index contributed by atoms with van der Waals surface area (Å²) < 4.78 is 63.5. The first kappa shape index (κ1) is 24.0. The Kier molecular flexibility index (Phi) is 6.67. The summed E-state index contributed by atoms with van der Waals surface area (Å²) in [6, 6.07) is 3.54. The Hall–Kier alpha value is -2.73. The summed E-state index contributed by atoms with van der Waals surface area (Å²) >= 11 is 0. The van der Waals surface area contributed by atoms with E-state index in [1.807, 2.05) is 0 Å². The van der Waals surface area contributed by atoms with Gasteiger partial charge in [0.1, 0.15) is 0 Å². The van der Waals surface area contributed by atoms with E-state index in [1.54, 1.807) is 6.07 Å². The third-order valence-electron chi connectivity index (χ3n) is 6.97. The lowest BCUT2D eigenvalue weighted by Gasteiger charge is -2.32. The number of hydrogen-bond acceptors (Lipinski definition) is 8. The molecule has 0 radical (unpaired) electrons. The van der Waals surface area contributed by atoms with Crippen LogP contribution in [0.3, 0.4) is 0 Å². The topological polar surface area (TPSA) is 89.6 Å². The number of ether oxygens (including phenoxy) is 2. The average molecular weight is 497 g/mol. The Morgan fingerprint density at radius 2 is 1.91 bits per heavy atom. The van der Waals surface area contributed by atoms with Gasteiger partial charge in [-0.2, -0.15) is 8.78 Å². The van der Waals surface area contributed by atoms with E-state index in [0.29, 0.717) is 17.3 Å². The minimum Gasteiger partial charge on any atom is -0.431 e. The van der Waals surface area contributed by atoms with Crippen molar-refractivity contribution < 1.29 is 27.0 Å². The predicted octanol–water partition coefficient (Wildman–Crippen LogP) is 3.54. The van der Waals surface area contributed by atoms with Crippen molar-refractivity contribution in [1.29, 1.82) is 0 Å². The molecule has 2 aromatic rings. The summed E-state index contributed by atoms with van der Waals surface area (Å²) in [7, 11) is 0. The number of alkyl halides is 4. The maximum atomic E-state index is 14.0. The number of anilines is 2. The fraction of sp³-hybridized carbons (Fsp3) is 0.609. The lowest BCUT2D eigenvalue weighted by molar-refractivity contribution is -0.0494. The van der Waals surface area contributed by atoms with Crippen molar-refractivity contribution in [3.8, 4) is 17.0 Å². The zero-order valence-electron chi connectivity index (χ0n) is 19.2. The van der Waals surface area contributed by atoms with Crippen LogP contribution >= 0.6 is 0 Å². The molecule has 0 spiro atoms. The summed E-state index contributed by atoms with van der Waals surface area (Å²) in [6.07, 6.45) is 3.96. The van der Waals surface area contributed by atoms with E-state index in [0.717, 1.165) is 51.3 Å². The molecule has 2 atom stereocenters. The maximum Gasteiger partial charge on any atom is 0.387 e. The largest absolute Gasteiger partial charge is 0.431 e. The first-order valence-corrected chi connectivity index (χ1v) is 11.8. The van der Waals surface area contributed by atoms with Gasteiger partial charge in [0, 0.05) is 55.5 Å². The van der Waals surface area contributed by atoms with E-state index in [-0.39, 0.29) is 36.4 Å². The molecule has 3 fully saturated rings. The van der Waals surface area contributed by atoms with Gasteiger partial charge in [-0.15, -0.1) is 0 Å². The first-order valence-electron chi connectivity index (χ1n) is 11.8. The molecule has 8 nitrogen and oxygen atoms in total. The third-order valence-corrected chi connectivity index (χ3v) is 6.97. The molecule has 1 saturated carbocycles. The van der Waals surface area contributed by atoms with Gasteiger partial charge in [-0.05, 0) is 31.4 Å². The Balaban J connectivity index is 1.47. The van der Waals surface area contributed by atoms with Crippen LogP contribution in [0.15, 0.2) is 18.3 Å². The molecule has 1 aliphatic carbocycles. The van der Waals surface area contributed by atoms with Crippen molar-refractivity contribution in [3.63, 3.8) is 0 Å². The van der Waals surface area contributed by atoms with Gasteiger partial charge in [0.2, 0.25) is 5.95 Å². The number of nitrogens with zero attached hydrogens (tertiary/aromatic N) is 5. The quantitative estimate of drug-likeness (QED) is 0.608. The molecule has 190 valence electrons. The number of halogens is 4. The molecule has 3 aliphatic rings. The number of nitrogens with two attached hydrogens (primary N) is 1. The van der Waals surface area contributed by atoms with Crippen LogP contribution in [-0.2, 0) is 4.74 Å². The highest BCUT2D eigenvalue weighted by Gasteiger charge is 2.40. The fourth-order valence-electron chi connectivity index (χ4n) is 5.14. The minimum atomic E-state index is -3.06. The second-order valence-electron chi connectivity index (χ2n) is 9.30. The molecule has 12 heteroatoms. The molecule has 35 heavy (non-hydrogen) atoms. The van der Waals surface area contributed by atoms with Gasteiger partial charge >= 0.3 is 6.61 Å². The number of hydrogen-bond donors (Lipinski definition) is 1. The molecule has 0 amide bonds. The Morgan fingerprint density at radius 1 is 1.11 bits per heavy atom. The van der Waals surface area contributed by atoms with Gasteiger partial charge in [-0.1, -0.05) is 0 Å². The molecule has 2 saturated heterocycles. The van der Waals surface area contributed by atoms with Crippen molar-refractivity contribution in [2.45, 2.75) is 50.2 Å². The van der Waals surface area contributed by atoms with E-state index in [2.05, 4.69) is 19.6 Å². The Morgan fingerprint density at radius 3 is 2.63 bits per heavy atom. The van der Waals surface area contributed by atoms with E-state index in [1.165, 1.54) is 17.2 Å². The van der Waals surface area contributed by atoms with Crippen LogP contribution in [0.4, 0.5) is 29.3 Å². The summed E-state index contributed by atoms with van der Waals surface area (Å²) in [5, 5.41) is 0. The summed E-state index contributed by atoms with van der Waals surface area (Å²) in [5.74, 6) is -2.91. The van der Waals surface area contributed by atoms with Gasteiger partial charge in [0.25, 0.3) is 5.92 Å². The standard InChI is InChI=1S/C23H28F4N6O2/c24-21(25)35-19-10-15(12-29-20(19)28)18-11-17(30-22(31-18)33-4-3-23(26,27)13-33)14-1-2-16(9-14)32-5-7-34-8-6-32/h10-12,14,16,21H,1-9,13H2,(H2,28,29). The van der Waals surface area contributed by atoms with Crippen LogP contribution in [0.5, 0.6) is 5.75 Å². The maximum absolute atomic E-state index is 14.0. The van der Waals surface area contributed by atoms with Gasteiger partial charge < -0.3 is 20.1 Å². The van der Waals surface area contributed by atoms with Gasteiger partial charge in [-0.3, -0.25) is 4.90 Å². The molecular formula is C23H28F4N6O2.